The van der Waals surface area contributed by atoms with Crippen LogP contribution in [0, 0.1) is 0 Å². The average Bonchev–Trinajstić information content (AvgIpc) is 2.29. The number of aliphatic hydroxyl groups is 1. The van der Waals surface area contributed by atoms with E-state index in [2.05, 4.69) is 32.6 Å². The molecule has 2 unspecified atom stereocenters. The predicted octanol–water partition coefficient (Wildman–Crippen LogP) is 2.84. The summed E-state index contributed by atoms with van der Waals surface area (Å²) in [4.78, 5) is 2.30. The average molecular weight is 221 g/mol. The largest absolute Gasteiger partial charge is 0.387 e. The zero-order valence-corrected chi connectivity index (χ0v) is 10.7. The van der Waals surface area contributed by atoms with Crippen molar-refractivity contribution in [1.82, 2.24) is 4.90 Å². The first-order valence-corrected chi connectivity index (χ1v) is 6.06. The number of likely N-dealkylation sites (N-methyl/N-ethyl adjacent to an activating group) is 1. The lowest BCUT2D eigenvalue weighted by molar-refractivity contribution is 0.0436. The Morgan fingerprint density at radius 2 is 1.69 bits per heavy atom. The van der Waals surface area contributed by atoms with Crippen LogP contribution < -0.4 is 0 Å². The number of benzene rings is 1. The maximum atomic E-state index is 10.3. The van der Waals surface area contributed by atoms with Gasteiger partial charge in [0.25, 0.3) is 0 Å². The van der Waals surface area contributed by atoms with E-state index in [4.69, 9.17) is 0 Å². The lowest BCUT2D eigenvalue weighted by atomic mass is 10.0. The molecule has 0 heterocycles. The van der Waals surface area contributed by atoms with E-state index in [1.54, 1.807) is 0 Å². The Hall–Kier alpha value is -0.860. The van der Waals surface area contributed by atoms with Crippen molar-refractivity contribution in [2.24, 2.45) is 0 Å². The van der Waals surface area contributed by atoms with Crippen molar-refractivity contribution in [3.05, 3.63) is 35.9 Å². The van der Waals surface area contributed by atoms with Gasteiger partial charge in [-0.2, -0.15) is 0 Å². The van der Waals surface area contributed by atoms with Crippen molar-refractivity contribution < 1.29 is 5.11 Å². The van der Waals surface area contributed by atoms with Gasteiger partial charge in [0.05, 0.1) is 6.10 Å². The summed E-state index contributed by atoms with van der Waals surface area (Å²) in [5.41, 5.74) is 0.995. The van der Waals surface area contributed by atoms with Gasteiger partial charge in [-0.15, -0.1) is 0 Å². The fourth-order valence-electron chi connectivity index (χ4n) is 2.23. The highest BCUT2D eigenvalue weighted by atomic mass is 16.3. The first kappa shape index (κ1) is 13.2. The van der Waals surface area contributed by atoms with Crippen molar-refractivity contribution in [3.63, 3.8) is 0 Å². The normalized spacial score (nSPS) is 15.4. The summed E-state index contributed by atoms with van der Waals surface area (Å²) in [5, 5.41) is 10.3. The van der Waals surface area contributed by atoms with E-state index in [0.29, 0.717) is 6.04 Å². The summed E-state index contributed by atoms with van der Waals surface area (Å²) in [6.45, 7) is 9.51. The lowest BCUT2D eigenvalue weighted by Gasteiger charge is -2.34. The second-order valence-electron chi connectivity index (χ2n) is 4.52. The minimum atomic E-state index is -0.413. The standard InChI is InChI=1S/C14H23NO/c1-5-15(11(2)3)12(4)14(16)13-9-7-6-8-10-13/h6-12,14,16H,5H2,1-4H3. The summed E-state index contributed by atoms with van der Waals surface area (Å²) in [5.74, 6) is 0. The number of hydrogen-bond donors (Lipinski definition) is 1. The van der Waals surface area contributed by atoms with Gasteiger partial charge in [0.1, 0.15) is 0 Å². The molecule has 2 atom stereocenters. The molecule has 1 N–H and O–H groups in total. The fraction of sp³-hybridized carbons (Fsp3) is 0.571. The van der Waals surface area contributed by atoms with Crippen LogP contribution in [-0.2, 0) is 0 Å². The maximum Gasteiger partial charge on any atom is 0.0942 e. The molecule has 0 spiro atoms. The molecule has 2 nitrogen and oxygen atoms in total. The van der Waals surface area contributed by atoms with Crippen LogP contribution in [-0.4, -0.2) is 28.6 Å². The molecule has 0 amide bonds. The molecule has 0 bridgehead atoms. The van der Waals surface area contributed by atoms with E-state index in [-0.39, 0.29) is 6.04 Å². The molecule has 0 aliphatic heterocycles. The van der Waals surface area contributed by atoms with E-state index in [0.717, 1.165) is 12.1 Å². The van der Waals surface area contributed by atoms with Crippen molar-refractivity contribution in [1.29, 1.82) is 0 Å². The van der Waals surface area contributed by atoms with E-state index in [1.165, 1.54) is 0 Å². The molecular formula is C14H23NO. The SMILES string of the molecule is CCN(C(C)C)C(C)C(O)c1ccccc1. The predicted molar refractivity (Wildman–Crippen MR) is 68.4 cm³/mol. The maximum absolute atomic E-state index is 10.3. The van der Waals surface area contributed by atoms with Gasteiger partial charge in [0.2, 0.25) is 0 Å². The van der Waals surface area contributed by atoms with E-state index in [9.17, 15) is 5.11 Å². The highest BCUT2D eigenvalue weighted by Crippen LogP contribution is 2.21. The van der Waals surface area contributed by atoms with Gasteiger partial charge in [-0.05, 0) is 32.9 Å². The summed E-state index contributed by atoms with van der Waals surface area (Å²) in [7, 11) is 0. The zero-order chi connectivity index (χ0) is 12.1. The smallest absolute Gasteiger partial charge is 0.0942 e. The highest BCUT2D eigenvalue weighted by molar-refractivity contribution is 5.18. The van der Waals surface area contributed by atoms with Crippen LogP contribution in [0.15, 0.2) is 30.3 Å². The molecule has 0 radical (unpaired) electrons. The van der Waals surface area contributed by atoms with Crippen LogP contribution >= 0.6 is 0 Å². The van der Waals surface area contributed by atoms with E-state index >= 15 is 0 Å². The van der Waals surface area contributed by atoms with Crippen LogP contribution in [0.4, 0.5) is 0 Å². The minimum absolute atomic E-state index is 0.146. The minimum Gasteiger partial charge on any atom is -0.387 e. The van der Waals surface area contributed by atoms with E-state index in [1.807, 2.05) is 30.3 Å². The Bertz CT molecular complexity index is 297. The number of aliphatic hydroxyl groups excluding tert-OH is 1. The Morgan fingerprint density at radius 3 is 2.12 bits per heavy atom. The molecule has 0 saturated carbocycles. The van der Waals surface area contributed by atoms with Crippen LogP contribution in [0.3, 0.4) is 0 Å². The Labute approximate surface area is 98.9 Å². The first-order chi connectivity index (χ1) is 7.57. The van der Waals surface area contributed by atoms with Crippen molar-refractivity contribution in [2.45, 2.75) is 45.9 Å². The van der Waals surface area contributed by atoms with Gasteiger partial charge >= 0.3 is 0 Å². The Balaban J connectivity index is 2.77. The second kappa shape index (κ2) is 6.02. The quantitative estimate of drug-likeness (QED) is 0.826. The third-order valence-corrected chi connectivity index (χ3v) is 3.15. The molecule has 0 aliphatic rings. The highest BCUT2D eigenvalue weighted by Gasteiger charge is 2.23. The number of rotatable bonds is 5. The topological polar surface area (TPSA) is 23.5 Å². The van der Waals surface area contributed by atoms with Gasteiger partial charge in [-0.3, -0.25) is 4.90 Å². The Morgan fingerprint density at radius 1 is 1.12 bits per heavy atom. The summed E-state index contributed by atoms with van der Waals surface area (Å²) < 4.78 is 0. The molecule has 90 valence electrons. The Kier molecular flexibility index (Phi) is 4.97. The van der Waals surface area contributed by atoms with Gasteiger partial charge in [-0.25, -0.2) is 0 Å². The fourth-order valence-corrected chi connectivity index (χ4v) is 2.23. The molecule has 0 fully saturated rings. The molecule has 0 saturated heterocycles. The second-order valence-corrected chi connectivity index (χ2v) is 4.52. The summed E-state index contributed by atoms with van der Waals surface area (Å²) >= 11 is 0. The van der Waals surface area contributed by atoms with Crippen LogP contribution in [0.2, 0.25) is 0 Å². The molecule has 0 aliphatic carbocycles. The lowest BCUT2D eigenvalue weighted by Crippen LogP contribution is -2.41. The van der Waals surface area contributed by atoms with Crippen LogP contribution in [0.25, 0.3) is 0 Å². The first-order valence-electron chi connectivity index (χ1n) is 6.06. The van der Waals surface area contributed by atoms with Gasteiger partial charge in [0, 0.05) is 12.1 Å². The number of nitrogens with zero attached hydrogens (tertiary/aromatic N) is 1. The van der Waals surface area contributed by atoms with E-state index < -0.39 is 6.10 Å². The van der Waals surface area contributed by atoms with Crippen LogP contribution in [0.5, 0.6) is 0 Å². The summed E-state index contributed by atoms with van der Waals surface area (Å²) in [6.07, 6.45) is -0.413. The molecule has 2 heteroatoms. The summed E-state index contributed by atoms with van der Waals surface area (Å²) in [6, 6.07) is 10.5. The van der Waals surface area contributed by atoms with Gasteiger partial charge in [-0.1, -0.05) is 37.3 Å². The molecular weight excluding hydrogens is 198 g/mol. The molecule has 0 aromatic heterocycles. The van der Waals surface area contributed by atoms with Crippen molar-refractivity contribution >= 4 is 0 Å². The monoisotopic (exact) mass is 221 g/mol. The van der Waals surface area contributed by atoms with Crippen molar-refractivity contribution in [3.8, 4) is 0 Å². The third kappa shape index (κ3) is 3.06. The molecule has 1 aromatic carbocycles. The molecule has 16 heavy (non-hydrogen) atoms. The third-order valence-electron chi connectivity index (χ3n) is 3.15. The van der Waals surface area contributed by atoms with Gasteiger partial charge < -0.3 is 5.11 Å². The van der Waals surface area contributed by atoms with Crippen molar-refractivity contribution in [2.75, 3.05) is 6.54 Å². The zero-order valence-electron chi connectivity index (χ0n) is 10.7. The van der Waals surface area contributed by atoms with Gasteiger partial charge in [0.15, 0.2) is 0 Å². The molecule has 1 aromatic rings. The van der Waals surface area contributed by atoms with Crippen LogP contribution in [0.1, 0.15) is 39.4 Å². The number of hydrogen-bond acceptors (Lipinski definition) is 2. The molecule has 1 rings (SSSR count).